The summed E-state index contributed by atoms with van der Waals surface area (Å²) in [5.41, 5.74) is 2.64. The lowest BCUT2D eigenvalue weighted by Gasteiger charge is -2.35. The minimum absolute atomic E-state index is 0.771. The van der Waals surface area contributed by atoms with Crippen LogP contribution in [0.1, 0.15) is 11.1 Å². The molecule has 2 heterocycles. The van der Waals surface area contributed by atoms with Gasteiger partial charge in [0, 0.05) is 52.5 Å². The molecule has 1 aromatic heterocycles. The Labute approximate surface area is 167 Å². The molecule has 0 N–H and O–H groups in total. The Bertz CT molecular complexity index is 860. The molecule has 28 heavy (non-hydrogen) atoms. The van der Waals surface area contributed by atoms with E-state index in [1.807, 2.05) is 25.4 Å². The second-order valence-corrected chi connectivity index (χ2v) is 7.31. The highest BCUT2D eigenvalue weighted by atomic mass is 15.3. The molecular formula is C23H27N5. The van der Waals surface area contributed by atoms with Crippen LogP contribution in [-0.2, 0) is 13.1 Å². The normalized spacial score (nSPS) is 14.8. The molecular weight excluding hydrogens is 346 g/mol. The Kier molecular flexibility index (Phi) is 5.83. The van der Waals surface area contributed by atoms with E-state index in [2.05, 4.69) is 74.3 Å². The van der Waals surface area contributed by atoms with Crippen molar-refractivity contribution in [1.29, 1.82) is 0 Å². The fraction of sp³-hybridized carbons (Fsp3) is 0.304. The monoisotopic (exact) mass is 373 g/mol. The van der Waals surface area contributed by atoms with E-state index < -0.39 is 0 Å². The van der Waals surface area contributed by atoms with Crippen LogP contribution in [0.4, 0.5) is 11.8 Å². The van der Waals surface area contributed by atoms with E-state index in [1.165, 1.54) is 11.1 Å². The van der Waals surface area contributed by atoms with Crippen LogP contribution < -0.4 is 9.80 Å². The molecule has 1 fully saturated rings. The van der Waals surface area contributed by atoms with Crippen molar-refractivity contribution in [3.63, 3.8) is 0 Å². The molecule has 5 heteroatoms. The predicted molar refractivity (Wildman–Crippen MR) is 115 cm³/mol. The van der Waals surface area contributed by atoms with Crippen LogP contribution in [0.2, 0.25) is 0 Å². The van der Waals surface area contributed by atoms with Crippen LogP contribution in [-0.4, -0.2) is 48.1 Å². The summed E-state index contributed by atoms with van der Waals surface area (Å²) in [5, 5.41) is 0. The van der Waals surface area contributed by atoms with Crippen molar-refractivity contribution in [2.24, 2.45) is 0 Å². The van der Waals surface area contributed by atoms with Crippen molar-refractivity contribution in [1.82, 2.24) is 14.9 Å². The molecule has 1 saturated heterocycles. The van der Waals surface area contributed by atoms with E-state index in [1.54, 1.807) is 0 Å². The summed E-state index contributed by atoms with van der Waals surface area (Å²) in [6.45, 7) is 5.90. The average molecular weight is 374 g/mol. The van der Waals surface area contributed by atoms with E-state index in [4.69, 9.17) is 4.98 Å². The highest BCUT2D eigenvalue weighted by molar-refractivity contribution is 5.44. The molecule has 0 amide bonds. The number of hydrogen-bond acceptors (Lipinski definition) is 5. The van der Waals surface area contributed by atoms with Crippen LogP contribution in [0, 0.1) is 0 Å². The molecule has 2 aromatic carbocycles. The van der Waals surface area contributed by atoms with Gasteiger partial charge in [-0.05, 0) is 17.2 Å². The third kappa shape index (κ3) is 4.67. The Morgan fingerprint density at radius 3 is 2.14 bits per heavy atom. The van der Waals surface area contributed by atoms with Gasteiger partial charge in [0.05, 0.1) is 0 Å². The maximum atomic E-state index is 4.82. The molecule has 1 aliphatic rings. The minimum Gasteiger partial charge on any atom is -0.354 e. The zero-order chi connectivity index (χ0) is 19.2. The molecule has 0 saturated carbocycles. The quantitative estimate of drug-likeness (QED) is 0.661. The summed E-state index contributed by atoms with van der Waals surface area (Å²) in [6, 6.07) is 23.1. The molecule has 144 valence electrons. The topological polar surface area (TPSA) is 35.5 Å². The first-order valence-corrected chi connectivity index (χ1v) is 9.87. The summed E-state index contributed by atoms with van der Waals surface area (Å²) in [7, 11) is 2.05. The van der Waals surface area contributed by atoms with Gasteiger partial charge in [-0.3, -0.25) is 4.90 Å². The molecule has 4 rings (SSSR count). The van der Waals surface area contributed by atoms with Gasteiger partial charge in [-0.25, -0.2) is 4.98 Å². The van der Waals surface area contributed by atoms with Gasteiger partial charge in [-0.15, -0.1) is 0 Å². The van der Waals surface area contributed by atoms with Crippen LogP contribution in [0.25, 0.3) is 0 Å². The van der Waals surface area contributed by atoms with Crippen molar-refractivity contribution in [2.75, 3.05) is 43.0 Å². The van der Waals surface area contributed by atoms with E-state index in [0.29, 0.717) is 0 Å². The molecule has 3 aromatic rings. The van der Waals surface area contributed by atoms with Crippen LogP contribution in [0.15, 0.2) is 72.9 Å². The number of anilines is 2. The Morgan fingerprint density at radius 1 is 0.821 bits per heavy atom. The second kappa shape index (κ2) is 8.85. The van der Waals surface area contributed by atoms with Crippen LogP contribution >= 0.6 is 0 Å². The lowest BCUT2D eigenvalue weighted by Crippen LogP contribution is -2.46. The molecule has 0 bridgehead atoms. The molecule has 0 unspecified atom stereocenters. The van der Waals surface area contributed by atoms with Crippen molar-refractivity contribution in [2.45, 2.75) is 13.1 Å². The van der Waals surface area contributed by atoms with E-state index in [-0.39, 0.29) is 0 Å². The van der Waals surface area contributed by atoms with Crippen molar-refractivity contribution in [3.8, 4) is 0 Å². The van der Waals surface area contributed by atoms with Crippen LogP contribution in [0.3, 0.4) is 0 Å². The SMILES string of the molecule is CN(Cc1ccccc1)c1nccc(N2CCN(Cc3ccccc3)CC2)n1. The van der Waals surface area contributed by atoms with E-state index in [0.717, 1.165) is 51.0 Å². The molecule has 1 aliphatic heterocycles. The Hall–Kier alpha value is -2.92. The number of nitrogens with zero attached hydrogens (tertiary/aromatic N) is 5. The van der Waals surface area contributed by atoms with Gasteiger partial charge in [0.15, 0.2) is 0 Å². The maximum Gasteiger partial charge on any atom is 0.227 e. The molecule has 0 radical (unpaired) electrons. The Morgan fingerprint density at radius 2 is 1.46 bits per heavy atom. The fourth-order valence-electron chi connectivity index (χ4n) is 3.60. The summed E-state index contributed by atoms with van der Waals surface area (Å²) in [4.78, 5) is 16.3. The van der Waals surface area contributed by atoms with E-state index >= 15 is 0 Å². The highest BCUT2D eigenvalue weighted by Crippen LogP contribution is 2.18. The van der Waals surface area contributed by atoms with Gasteiger partial charge in [0.1, 0.15) is 5.82 Å². The molecule has 0 spiro atoms. The molecule has 5 nitrogen and oxygen atoms in total. The van der Waals surface area contributed by atoms with E-state index in [9.17, 15) is 0 Å². The summed E-state index contributed by atoms with van der Waals surface area (Å²) in [5.74, 6) is 1.79. The second-order valence-electron chi connectivity index (χ2n) is 7.31. The molecule has 0 atom stereocenters. The van der Waals surface area contributed by atoms with Crippen LogP contribution in [0.5, 0.6) is 0 Å². The lowest BCUT2D eigenvalue weighted by molar-refractivity contribution is 0.249. The number of benzene rings is 2. The van der Waals surface area contributed by atoms with Gasteiger partial charge in [0.25, 0.3) is 0 Å². The smallest absolute Gasteiger partial charge is 0.227 e. The maximum absolute atomic E-state index is 4.82. The first-order valence-electron chi connectivity index (χ1n) is 9.87. The zero-order valence-electron chi connectivity index (χ0n) is 16.4. The average Bonchev–Trinajstić information content (AvgIpc) is 2.76. The standard InChI is InChI=1S/C23H27N5/c1-26(18-20-8-4-2-5-9-20)23-24-13-12-22(25-23)28-16-14-27(15-17-28)19-21-10-6-3-7-11-21/h2-13H,14-19H2,1H3. The third-order valence-corrected chi connectivity index (χ3v) is 5.18. The number of aromatic nitrogens is 2. The number of piperazine rings is 1. The zero-order valence-corrected chi connectivity index (χ0v) is 16.4. The van der Waals surface area contributed by atoms with Gasteiger partial charge in [0.2, 0.25) is 5.95 Å². The number of hydrogen-bond donors (Lipinski definition) is 0. The van der Waals surface area contributed by atoms with Gasteiger partial charge in [-0.1, -0.05) is 60.7 Å². The van der Waals surface area contributed by atoms with Gasteiger partial charge < -0.3 is 9.80 Å². The third-order valence-electron chi connectivity index (χ3n) is 5.18. The van der Waals surface area contributed by atoms with Crippen molar-refractivity contribution >= 4 is 11.8 Å². The fourth-order valence-corrected chi connectivity index (χ4v) is 3.60. The first kappa shape index (κ1) is 18.4. The summed E-state index contributed by atoms with van der Waals surface area (Å²) in [6.07, 6.45) is 1.87. The Balaban J connectivity index is 1.36. The predicted octanol–water partition coefficient (Wildman–Crippen LogP) is 3.44. The first-order chi connectivity index (χ1) is 13.8. The summed E-state index contributed by atoms with van der Waals surface area (Å²) >= 11 is 0. The number of rotatable bonds is 6. The largest absolute Gasteiger partial charge is 0.354 e. The lowest BCUT2D eigenvalue weighted by atomic mass is 10.2. The summed E-state index contributed by atoms with van der Waals surface area (Å²) < 4.78 is 0. The van der Waals surface area contributed by atoms with Gasteiger partial charge >= 0.3 is 0 Å². The minimum atomic E-state index is 0.771. The molecule has 0 aliphatic carbocycles. The van der Waals surface area contributed by atoms with Gasteiger partial charge in [-0.2, -0.15) is 4.98 Å². The van der Waals surface area contributed by atoms with Crippen molar-refractivity contribution in [3.05, 3.63) is 84.1 Å². The highest BCUT2D eigenvalue weighted by Gasteiger charge is 2.19. The van der Waals surface area contributed by atoms with Crippen molar-refractivity contribution < 1.29 is 0 Å².